The molecule has 0 aliphatic heterocycles. The molecule has 3 heterocycles. The van der Waals surface area contributed by atoms with Crippen molar-refractivity contribution in [3.05, 3.63) is 105 Å². The van der Waals surface area contributed by atoms with Crippen molar-refractivity contribution >= 4 is 44.2 Å². The molecule has 6 rings (SSSR count). The molecule has 0 aliphatic carbocycles. The van der Waals surface area contributed by atoms with Gasteiger partial charge < -0.3 is 0 Å². The first-order valence-corrected chi connectivity index (χ1v) is 10.8. The van der Waals surface area contributed by atoms with E-state index in [0.717, 1.165) is 10.8 Å². The largest absolute Gasteiger partial charge is 0.269 e. The second-order valence-electron chi connectivity index (χ2n) is 8.03. The van der Waals surface area contributed by atoms with Gasteiger partial charge in [0.05, 0.1) is 43.3 Å². The summed E-state index contributed by atoms with van der Waals surface area (Å²) in [6.07, 6.45) is 3.39. The fourth-order valence-electron chi connectivity index (χ4n) is 4.27. The highest BCUT2D eigenvalue weighted by Gasteiger charge is 2.19. The van der Waals surface area contributed by atoms with Crippen LogP contribution in [0.1, 0.15) is 0 Å². The summed E-state index contributed by atoms with van der Waals surface area (Å²) in [7, 11) is 0. The lowest BCUT2D eigenvalue weighted by Crippen LogP contribution is -1.99. The van der Waals surface area contributed by atoms with Crippen LogP contribution in [0.5, 0.6) is 0 Å². The molecule has 0 spiro atoms. The Balaban J connectivity index is 1.72. The van der Waals surface area contributed by atoms with Gasteiger partial charge in [0.25, 0.3) is 11.4 Å². The van der Waals surface area contributed by atoms with Crippen molar-refractivity contribution < 1.29 is 9.85 Å². The lowest BCUT2D eigenvalue weighted by molar-refractivity contribution is -0.385. The van der Waals surface area contributed by atoms with Crippen LogP contribution >= 0.6 is 0 Å². The fraction of sp³-hybridized carbons (Fsp3) is 0. The van der Waals surface area contributed by atoms with Crippen molar-refractivity contribution in [3.63, 3.8) is 0 Å². The minimum atomic E-state index is -0.467. The molecule has 0 radical (unpaired) electrons. The van der Waals surface area contributed by atoms with E-state index in [2.05, 4.69) is 9.97 Å². The van der Waals surface area contributed by atoms with Crippen molar-refractivity contribution in [2.24, 2.45) is 0 Å². The van der Waals surface area contributed by atoms with Crippen LogP contribution in [0.25, 0.3) is 55.4 Å². The molecule has 3 aromatic carbocycles. The van der Waals surface area contributed by atoms with Crippen LogP contribution < -0.4 is 0 Å². The number of benzene rings is 3. The van der Waals surface area contributed by atoms with Crippen LogP contribution in [-0.4, -0.2) is 29.8 Å². The Labute approximate surface area is 202 Å². The average molecular weight is 474 g/mol. The first-order chi connectivity index (χ1) is 17.5. The molecule has 0 saturated heterocycles. The van der Waals surface area contributed by atoms with E-state index < -0.39 is 9.85 Å². The fourth-order valence-corrected chi connectivity index (χ4v) is 4.27. The molecule has 0 saturated carbocycles. The summed E-state index contributed by atoms with van der Waals surface area (Å²) >= 11 is 0. The molecule has 0 unspecified atom stereocenters. The number of hydrogen-bond acceptors (Lipinski definition) is 8. The van der Waals surface area contributed by atoms with Gasteiger partial charge in [-0.2, -0.15) is 0 Å². The van der Waals surface area contributed by atoms with E-state index in [1.165, 1.54) is 24.3 Å². The highest BCUT2D eigenvalue weighted by atomic mass is 16.6. The van der Waals surface area contributed by atoms with Gasteiger partial charge in [-0.05, 0) is 48.5 Å². The van der Waals surface area contributed by atoms with E-state index in [1.54, 1.807) is 36.7 Å². The quantitative estimate of drug-likeness (QED) is 0.175. The van der Waals surface area contributed by atoms with Crippen LogP contribution in [0.4, 0.5) is 11.4 Å². The molecule has 6 aromatic rings. The molecule has 0 aliphatic rings. The molecule has 0 atom stereocenters. The number of nitro benzene ring substituents is 2. The van der Waals surface area contributed by atoms with Gasteiger partial charge in [-0.15, -0.1) is 0 Å². The Bertz CT molecular complexity index is 1700. The lowest BCUT2D eigenvalue weighted by atomic mass is 10.0. The first kappa shape index (κ1) is 21.2. The predicted octanol–water partition coefficient (Wildman–Crippen LogP) is 5.88. The van der Waals surface area contributed by atoms with Crippen LogP contribution in [0.2, 0.25) is 0 Å². The van der Waals surface area contributed by atoms with Crippen LogP contribution in [0.3, 0.4) is 0 Å². The Morgan fingerprint density at radius 2 is 0.917 bits per heavy atom. The van der Waals surface area contributed by atoms with Crippen molar-refractivity contribution in [3.8, 4) is 22.5 Å². The number of pyridine rings is 2. The summed E-state index contributed by atoms with van der Waals surface area (Å²) in [6.45, 7) is 0. The van der Waals surface area contributed by atoms with Crippen LogP contribution in [-0.2, 0) is 0 Å². The summed E-state index contributed by atoms with van der Waals surface area (Å²) in [4.78, 5) is 40.5. The number of non-ortho nitro benzene ring substituents is 2. The van der Waals surface area contributed by atoms with E-state index in [-0.39, 0.29) is 11.4 Å². The summed E-state index contributed by atoms with van der Waals surface area (Å²) < 4.78 is 0. The topological polar surface area (TPSA) is 138 Å². The number of rotatable bonds is 4. The second kappa shape index (κ2) is 8.13. The first-order valence-electron chi connectivity index (χ1n) is 10.8. The molecular formula is C26H14N6O4. The zero-order valence-electron chi connectivity index (χ0n) is 18.4. The highest BCUT2D eigenvalue weighted by Crippen LogP contribution is 2.37. The number of hydrogen-bond donors (Lipinski definition) is 0. The molecule has 0 fully saturated rings. The lowest BCUT2D eigenvalue weighted by Gasteiger charge is -2.13. The summed E-state index contributed by atoms with van der Waals surface area (Å²) in [5, 5.41) is 23.9. The number of aromatic nitrogens is 4. The number of nitro groups is 2. The van der Waals surface area contributed by atoms with E-state index >= 15 is 0 Å². The van der Waals surface area contributed by atoms with Gasteiger partial charge in [0.15, 0.2) is 0 Å². The smallest absolute Gasteiger partial charge is 0.258 e. The Hall–Kier alpha value is -5.38. The molecule has 36 heavy (non-hydrogen) atoms. The third-order valence-corrected chi connectivity index (χ3v) is 5.95. The Morgan fingerprint density at radius 3 is 1.28 bits per heavy atom. The minimum absolute atomic E-state index is 0.0453. The van der Waals surface area contributed by atoms with E-state index in [1.807, 2.05) is 24.3 Å². The molecular weight excluding hydrogens is 460 g/mol. The zero-order chi connectivity index (χ0) is 24.8. The summed E-state index contributed by atoms with van der Waals surface area (Å²) in [5.74, 6) is 0. The van der Waals surface area contributed by atoms with Gasteiger partial charge in [-0.1, -0.05) is 0 Å². The Kier molecular flexibility index (Phi) is 4.78. The molecule has 0 N–H and O–H groups in total. The van der Waals surface area contributed by atoms with E-state index in [4.69, 9.17) is 9.97 Å². The maximum absolute atomic E-state index is 11.2. The van der Waals surface area contributed by atoms with Gasteiger partial charge in [-0.25, -0.2) is 9.97 Å². The monoisotopic (exact) mass is 474 g/mol. The van der Waals surface area contributed by atoms with Crippen molar-refractivity contribution in [1.29, 1.82) is 0 Å². The van der Waals surface area contributed by atoms with Crippen LogP contribution in [0, 0.1) is 20.2 Å². The van der Waals surface area contributed by atoms with Crippen LogP contribution in [0.15, 0.2) is 85.2 Å². The molecule has 0 amide bonds. The molecule has 172 valence electrons. The van der Waals surface area contributed by atoms with E-state index in [0.29, 0.717) is 44.6 Å². The summed E-state index contributed by atoms with van der Waals surface area (Å²) in [6, 6.07) is 19.5. The van der Waals surface area contributed by atoms with Gasteiger partial charge in [0.2, 0.25) is 0 Å². The molecule has 0 bridgehead atoms. The average Bonchev–Trinajstić information content (AvgIpc) is 2.92. The van der Waals surface area contributed by atoms with Gasteiger partial charge in [-0.3, -0.25) is 30.2 Å². The third-order valence-electron chi connectivity index (χ3n) is 5.95. The standard InChI is InChI=1S/C26H14N6O4/c33-31(34)17-9-5-15(6-10-17)21-22(16-7-11-18(12-8-16)32(35)36)30-26-20-4-2-14-28-24(20)23-19(25(26)29-21)3-1-13-27-23/h1-14H. The van der Waals surface area contributed by atoms with Crippen molar-refractivity contribution in [2.75, 3.05) is 0 Å². The highest BCUT2D eigenvalue weighted by molar-refractivity contribution is 6.21. The maximum Gasteiger partial charge on any atom is 0.269 e. The van der Waals surface area contributed by atoms with Gasteiger partial charge in [0.1, 0.15) is 0 Å². The van der Waals surface area contributed by atoms with E-state index in [9.17, 15) is 20.2 Å². The predicted molar refractivity (Wildman–Crippen MR) is 134 cm³/mol. The van der Waals surface area contributed by atoms with Crippen molar-refractivity contribution in [1.82, 2.24) is 19.9 Å². The number of nitrogens with zero attached hydrogens (tertiary/aromatic N) is 6. The minimum Gasteiger partial charge on any atom is -0.258 e. The molecule has 10 nitrogen and oxygen atoms in total. The normalized spacial score (nSPS) is 11.2. The second-order valence-corrected chi connectivity index (χ2v) is 8.03. The molecule has 3 aromatic heterocycles. The van der Waals surface area contributed by atoms with Gasteiger partial charge in [0, 0.05) is 58.6 Å². The zero-order valence-corrected chi connectivity index (χ0v) is 18.4. The third kappa shape index (κ3) is 3.36. The van der Waals surface area contributed by atoms with Gasteiger partial charge >= 0.3 is 0 Å². The maximum atomic E-state index is 11.2. The number of fused-ring (bicyclic) bond motifs is 6. The Morgan fingerprint density at radius 1 is 0.528 bits per heavy atom. The molecule has 10 heteroatoms. The summed E-state index contributed by atoms with van der Waals surface area (Å²) in [5.41, 5.74) is 4.71. The van der Waals surface area contributed by atoms with Crippen molar-refractivity contribution in [2.45, 2.75) is 0 Å². The SMILES string of the molecule is O=[N+]([O-])c1ccc(-c2nc3c4cccnc4c4ncccc4c3nc2-c2ccc([N+](=O)[O-])cc2)cc1.